The zero-order valence-electron chi connectivity index (χ0n) is 15.5. The molecule has 2 unspecified atom stereocenters. The van der Waals surface area contributed by atoms with E-state index in [1.165, 1.54) is 7.11 Å². The topological polar surface area (TPSA) is 107 Å². The third kappa shape index (κ3) is 4.56. The fourth-order valence-electron chi connectivity index (χ4n) is 2.86. The molecular formula is C18H23N5O4. The van der Waals surface area contributed by atoms with Crippen molar-refractivity contribution in [3.8, 4) is 11.5 Å². The van der Waals surface area contributed by atoms with E-state index in [-0.39, 0.29) is 24.5 Å². The van der Waals surface area contributed by atoms with Crippen molar-refractivity contribution in [2.75, 3.05) is 19.0 Å². The smallest absolute Gasteiger partial charge is 0.263 e. The highest BCUT2D eigenvalue weighted by atomic mass is 16.5. The Bertz CT molecular complexity index is 835. The Morgan fingerprint density at radius 2 is 2.11 bits per heavy atom. The van der Waals surface area contributed by atoms with Crippen LogP contribution in [0.1, 0.15) is 25.3 Å². The lowest BCUT2D eigenvalue weighted by molar-refractivity contribution is -0.125. The normalized spacial score (nSPS) is 19.3. The molecule has 2 atom stereocenters. The predicted octanol–water partition coefficient (Wildman–Crippen LogP) is 1.17. The molecule has 0 radical (unpaired) electrons. The number of aromatic nitrogens is 2. The Labute approximate surface area is 157 Å². The van der Waals surface area contributed by atoms with E-state index in [1.54, 1.807) is 28.9 Å². The monoisotopic (exact) mass is 373 g/mol. The molecule has 1 aromatic heterocycles. The number of aryl methyl sites for hydroxylation is 1. The van der Waals surface area contributed by atoms with Crippen molar-refractivity contribution in [1.29, 1.82) is 0 Å². The number of para-hydroxylation sites is 2. The first kappa shape index (κ1) is 18.7. The van der Waals surface area contributed by atoms with E-state index in [2.05, 4.69) is 21.0 Å². The highest BCUT2D eigenvalue weighted by molar-refractivity contribution is 5.91. The van der Waals surface area contributed by atoms with Crippen LogP contribution in [0.2, 0.25) is 0 Å². The van der Waals surface area contributed by atoms with Gasteiger partial charge in [-0.2, -0.15) is 5.10 Å². The summed E-state index contributed by atoms with van der Waals surface area (Å²) in [6, 6.07) is 8.83. The van der Waals surface area contributed by atoms with E-state index in [0.29, 0.717) is 29.4 Å². The number of nitrogens with zero attached hydrogens (tertiary/aromatic N) is 2. The number of hydrogen-bond donors (Lipinski definition) is 3. The van der Waals surface area contributed by atoms with Gasteiger partial charge in [0, 0.05) is 18.5 Å². The molecule has 9 heteroatoms. The van der Waals surface area contributed by atoms with E-state index < -0.39 is 6.29 Å². The highest BCUT2D eigenvalue weighted by Gasteiger charge is 2.26. The number of carbonyl (C=O) groups excluding carboxylic acids is 2. The predicted molar refractivity (Wildman–Crippen MR) is 98.5 cm³/mol. The standard InChI is InChI=1S/C18H23N5O4/c1-11-9-16(24)21-18(19-11)23-15(8-12(2)22-23)20-17(25)10-27-14-7-5-4-6-13(14)26-3/h4-8,11,18-19H,9-10H2,1-3H3,(H,20,25)(H,21,24). The molecular weight excluding hydrogens is 350 g/mol. The minimum atomic E-state index is -0.527. The average Bonchev–Trinajstić information content (AvgIpc) is 2.99. The van der Waals surface area contributed by atoms with Gasteiger partial charge in [0.2, 0.25) is 5.91 Å². The van der Waals surface area contributed by atoms with E-state index in [4.69, 9.17) is 9.47 Å². The highest BCUT2D eigenvalue weighted by Crippen LogP contribution is 2.25. The lowest BCUT2D eigenvalue weighted by Crippen LogP contribution is -2.52. The summed E-state index contributed by atoms with van der Waals surface area (Å²) in [6.07, 6.45) is -0.133. The maximum absolute atomic E-state index is 12.3. The second kappa shape index (κ2) is 8.09. The van der Waals surface area contributed by atoms with Crippen LogP contribution in [0.4, 0.5) is 5.82 Å². The Morgan fingerprint density at radius 3 is 2.81 bits per heavy atom. The SMILES string of the molecule is COc1ccccc1OCC(=O)Nc1cc(C)nn1C1NC(=O)CC(C)N1. The average molecular weight is 373 g/mol. The van der Waals surface area contributed by atoms with E-state index >= 15 is 0 Å². The zero-order chi connectivity index (χ0) is 19.4. The molecule has 2 heterocycles. The van der Waals surface area contributed by atoms with Crippen LogP contribution < -0.4 is 25.4 Å². The van der Waals surface area contributed by atoms with Gasteiger partial charge >= 0.3 is 0 Å². The maximum Gasteiger partial charge on any atom is 0.263 e. The number of methoxy groups -OCH3 is 1. The first-order valence-electron chi connectivity index (χ1n) is 8.63. The summed E-state index contributed by atoms with van der Waals surface area (Å²) < 4.78 is 12.3. The summed E-state index contributed by atoms with van der Waals surface area (Å²) in [5, 5.41) is 13.2. The van der Waals surface area contributed by atoms with Gasteiger partial charge in [-0.1, -0.05) is 12.1 Å². The van der Waals surface area contributed by atoms with E-state index in [0.717, 1.165) is 0 Å². The van der Waals surface area contributed by atoms with Crippen LogP contribution in [0.15, 0.2) is 30.3 Å². The first-order chi connectivity index (χ1) is 13.0. The van der Waals surface area contributed by atoms with Gasteiger partial charge in [-0.3, -0.25) is 14.9 Å². The zero-order valence-corrected chi connectivity index (χ0v) is 15.5. The summed E-state index contributed by atoms with van der Waals surface area (Å²) in [7, 11) is 1.54. The van der Waals surface area contributed by atoms with Gasteiger partial charge in [0.25, 0.3) is 5.91 Å². The number of rotatable bonds is 6. The summed E-state index contributed by atoms with van der Waals surface area (Å²) in [5.41, 5.74) is 0.713. The van der Waals surface area contributed by atoms with Crippen molar-refractivity contribution in [2.45, 2.75) is 32.6 Å². The number of anilines is 1. The third-order valence-electron chi connectivity index (χ3n) is 4.03. The number of carbonyl (C=O) groups is 2. The van der Waals surface area contributed by atoms with Crippen molar-refractivity contribution < 1.29 is 19.1 Å². The molecule has 27 heavy (non-hydrogen) atoms. The van der Waals surface area contributed by atoms with Crippen molar-refractivity contribution in [2.24, 2.45) is 0 Å². The van der Waals surface area contributed by atoms with E-state index in [9.17, 15) is 9.59 Å². The van der Waals surface area contributed by atoms with Gasteiger partial charge in [-0.05, 0) is 26.0 Å². The maximum atomic E-state index is 12.3. The molecule has 9 nitrogen and oxygen atoms in total. The summed E-state index contributed by atoms with van der Waals surface area (Å²) in [4.78, 5) is 24.1. The van der Waals surface area contributed by atoms with Crippen LogP contribution in [-0.2, 0) is 9.59 Å². The molecule has 1 aliphatic rings. The van der Waals surface area contributed by atoms with Crippen LogP contribution in [0.5, 0.6) is 11.5 Å². The largest absolute Gasteiger partial charge is 0.493 e. The summed E-state index contributed by atoms with van der Waals surface area (Å²) in [5.74, 6) is 1.07. The molecule has 0 bridgehead atoms. The molecule has 1 fully saturated rings. The molecule has 2 amide bonds. The lowest BCUT2D eigenvalue weighted by atomic mass is 10.2. The lowest BCUT2D eigenvalue weighted by Gasteiger charge is -2.30. The molecule has 0 spiro atoms. The van der Waals surface area contributed by atoms with E-state index in [1.807, 2.05) is 19.9 Å². The first-order valence-corrected chi connectivity index (χ1v) is 8.63. The van der Waals surface area contributed by atoms with Gasteiger partial charge in [-0.25, -0.2) is 4.68 Å². The van der Waals surface area contributed by atoms with Crippen LogP contribution in [0.25, 0.3) is 0 Å². The quantitative estimate of drug-likeness (QED) is 0.702. The fraction of sp³-hybridized carbons (Fsp3) is 0.389. The number of nitrogens with one attached hydrogen (secondary N) is 3. The number of amides is 2. The second-order valence-electron chi connectivity index (χ2n) is 6.35. The second-order valence-corrected chi connectivity index (χ2v) is 6.35. The molecule has 1 aromatic carbocycles. The van der Waals surface area contributed by atoms with Gasteiger partial charge in [0.05, 0.1) is 12.8 Å². The Morgan fingerprint density at radius 1 is 1.37 bits per heavy atom. The van der Waals surface area contributed by atoms with Crippen molar-refractivity contribution in [3.05, 3.63) is 36.0 Å². The Hall–Kier alpha value is -3.07. The molecule has 0 aliphatic carbocycles. The van der Waals surface area contributed by atoms with Gasteiger partial charge < -0.3 is 20.1 Å². The molecule has 2 aromatic rings. The van der Waals surface area contributed by atoms with Crippen LogP contribution in [0, 0.1) is 6.92 Å². The molecule has 0 saturated carbocycles. The molecule has 144 valence electrons. The fourth-order valence-corrected chi connectivity index (χ4v) is 2.86. The number of ether oxygens (including phenoxy) is 2. The van der Waals surface area contributed by atoms with Gasteiger partial charge in [0.15, 0.2) is 24.4 Å². The summed E-state index contributed by atoms with van der Waals surface area (Å²) in [6.45, 7) is 3.54. The van der Waals surface area contributed by atoms with Crippen LogP contribution >= 0.6 is 0 Å². The molecule has 1 saturated heterocycles. The molecule has 3 rings (SSSR count). The van der Waals surface area contributed by atoms with Crippen LogP contribution in [-0.4, -0.2) is 41.4 Å². The van der Waals surface area contributed by atoms with Crippen molar-refractivity contribution in [1.82, 2.24) is 20.4 Å². The minimum Gasteiger partial charge on any atom is -0.493 e. The number of benzene rings is 1. The Balaban J connectivity index is 1.67. The molecule has 1 aliphatic heterocycles. The molecule has 3 N–H and O–H groups in total. The van der Waals surface area contributed by atoms with Crippen LogP contribution in [0.3, 0.4) is 0 Å². The Kier molecular flexibility index (Phi) is 5.60. The van der Waals surface area contributed by atoms with Gasteiger partial charge in [0.1, 0.15) is 5.82 Å². The van der Waals surface area contributed by atoms with Crippen molar-refractivity contribution >= 4 is 17.6 Å². The number of hydrogen-bond acceptors (Lipinski definition) is 6. The van der Waals surface area contributed by atoms with Crippen molar-refractivity contribution in [3.63, 3.8) is 0 Å². The third-order valence-corrected chi connectivity index (χ3v) is 4.03. The van der Waals surface area contributed by atoms with Gasteiger partial charge in [-0.15, -0.1) is 0 Å². The minimum absolute atomic E-state index is 0.00527. The summed E-state index contributed by atoms with van der Waals surface area (Å²) >= 11 is 0.